The second-order valence-electron chi connectivity index (χ2n) is 7.14. The molecule has 0 spiro atoms. The van der Waals surface area contributed by atoms with Gasteiger partial charge in [0.25, 0.3) is 5.91 Å². The lowest BCUT2D eigenvalue weighted by atomic mass is 9.81. The van der Waals surface area contributed by atoms with E-state index in [2.05, 4.69) is 5.32 Å². The summed E-state index contributed by atoms with van der Waals surface area (Å²) in [5.74, 6) is -0.373. The topological polar surface area (TPSA) is 88.1 Å². The van der Waals surface area contributed by atoms with Crippen molar-refractivity contribution in [2.75, 3.05) is 26.1 Å². The number of hydrogen-bond donors (Lipinski definition) is 2. The number of carbonyl (C=O) groups is 2. The van der Waals surface area contributed by atoms with Crippen LogP contribution in [0.3, 0.4) is 0 Å². The quantitative estimate of drug-likeness (QED) is 0.742. The summed E-state index contributed by atoms with van der Waals surface area (Å²) >= 11 is 6.29. The number of nitrogens with one attached hydrogen (secondary N) is 1. The third kappa shape index (κ3) is 2.88. The molecule has 2 aromatic carbocycles. The first kappa shape index (κ1) is 19.7. The second-order valence-corrected chi connectivity index (χ2v) is 7.57. The molecule has 2 N–H and O–H groups in total. The summed E-state index contributed by atoms with van der Waals surface area (Å²) in [5, 5.41) is 13.8. The molecule has 1 unspecified atom stereocenters. The molecule has 0 bridgehead atoms. The average Bonchev–Trinajstić information content (AvgIpc) is 3.24. The zero-order chi connectivity index (χ0) is 20.8. The molecule has 2 aliphatic heterocycles. The Morgan fingerprint density at radius 3 is 2.72 bits per heavy atom. The fourth-order valence-electron chi connectivity index (χ4n) is 4.45. The Balaban J connectivity index is 2.04. The molecule has 1 saturated heterocycles. The number of halogens is 1. The number of anilines is 1. The Hall–Kier alpha value is -2.61. The molecule has 3 atom stereocenters. The minimum atomic E-state index is -1.41. The normalized spacial score (nSPS) is 26.1. The molecule has 0 aromatic heterocycles. The number of carbonyl (C=O) groups excluding carboxylic acids is 2. The SMILES string of the molecule is COC(=O)[C@@H]1C[C@@H](O)CN1C1(c2ccccc2OC)C(=O)Nc2ccc(Cl)cc21. The zero-order valence-corrected chi connectivity index (χ0v) is 16.8. The van der Waals surface area contributed by atoms with Gasteiger partial charge in [-0.15, -0.1) is 0 Å². The van der Waals surface area contributed by atoms with Gasteiger partial charge in [0.2, 0.25) is 0 Å². The largest absolute Gasteiger partial charge is 0.496 e. The third-order valence-electron chi connectivity index (χ3n) is 5.63. The van der Waals surface area contributed by atoms with Crippen LogP contribution in [0.2, 0.25) is 5.02 Å². The second kappa shape index (κ2) is 7.33. The lowest BCUT2D eigenvalue weighted by Gasteiger charge is -2.40. The number of likely N-dealkylation sites (tertiary alicyclic amines) is 1. The predicted octanol–water partition coefficient (Wildman–Crippen LogP) is 2.15. The molecule has 4 rings (SSSR count). The number of esters is 1. The van der Waals surface area contributed by atoms with Crippen molar-refractivity contribution >= 4 is 29.2 Å². The fraction of sp³-hybridized carbons (Fsp3) is 0.333. The highest BCUT2D eigenvalue weighted by atomic mass is 35.5. The summed E-state index contributed by atoms with van der Waals surface area (Å²) in [6.45, 7) is 0.108. The summed E-state index contributed by atoms with van der Waals surface area (Å²) < 4.78 is 10.5. The van der Waals surface area contributed by atoms with Crippen LogP contribution in [0.25, 0.3) is 0 Å². The van der Waals surface area contributed by atoms with E-state index in [1.807, 2.05) is 0 Å². The first-order valence-electron chi connectivity index (χ1n) is 9.21. The first-order valence-corrected chi connectivity index (χ1v) is 9.58. The molecule has 2 heterocycles. The molecule has 7 nitrogen and oxygen atoms in total. The van der Waals surface area contributed by atoms with E-state index in [1.165, 1.54) is 14.2 Å². The molecule has 29 heavy (non-hydrogen) atoms. The number of β-amino-alcohol motifs (C(OH)–C–C–N with tert-alkyl or cyclic N) is 1. The number of aliphatic hydroxyl groups is 1. The van der Waals surface area contributed by atoms with Gasteiger partial charge in [0, 0.05) is 34.8 Å². The Kier molecular flexibility index (Phi) is 4.98. The van der Waals surface area contributed by atoms with Gasteiger partial charge in [-0.05, 0) is 24.3 Å². The minimum Gasteiger partial charge on any atom is -0.496 e. The molecule has 2 aliphatic rings. The molecule has 0 radical (unpaired) electrons. The Labute approximate surface area is 173 Å². The number of fused-ring (bicyclic) bond motifs is 1. The number of ether oxygens (including phenoxy) is 2. The smallest absolute Gasteiger partial charge is 0.323 e. The molecular weight excluding hydrogens is 396 g/mol. The maximum Gasteiger partial charge on any atom is 0.323 e. The monoisotopic (exact) mass is 416 g/mol. The first-order chi connectivity index (χ1) is 13.9. The summed E-state index contributed by atoms with van der Waals surface area (Å²) in [6, 6.07) is 11.5. The van der Waals surface area contributed by atoms with E-state index in [0.717, 1.165) is 0 Å². The van der Waals surface area contributed by atoms with Crippen LogP contribution >= 0.6 is 11.6 Å². The van der Waals surface area contributed by atoms with Crippen LogP contribution in [0, 0.1) is 0 Å². The summed E-state index contributed by atoms with van der Waals surface area (Å²) in [4.78, 5) is 27.9. The van der Waals surface area contributed by atoms with Crippen molar-refractivity contribution in [1.82, 2.24) is 4.90 Å². The van der Waals surface area contributed by atoms with Gasteiger partial charge < -0.3 is 19.9 Å². The number of amides is 1. The molecule has 8 heteroatoms. The number of para-hydroxylation sites is 1. The van der Waals surface area contributed by atoms with Crippen molar-refractivity contribution in [3.8, 4) is 5.75 Å². The summed E-state index contributed by atoms with van der Waals surface area (Å²) in [6.07, 6.45) is -0.631. The van der Waals surface area contributed by atoms with Crippen molar-refractivity contribution in [1.29, 1.82) is 0 Å². The van der Waals surface area contributed by atoms with E-state index >= 15 is 0 Å². The van der Waals surface area contributed by atoms with Crippen LogP contribution in [-0.4, -0.2) is 54.8 Å². The maximum atomic E-state index is 13.6. The van der Waals surface area contributed by atoms with Crippen LogP contribution in [0.1, 0.15) is 17.5 Å². The van der Waals surface area contributed by atoms with Gasteiger partial charge in [-0.3, -0.25) is 14.5 Å². The number of nitrogens with zero attached hydrogens (tertiary/aromatic N) is 1. The number of hydrogen-bond acceptors (Lipinski definition) is 6. The van der Waals surface area contributed by atoms with Crippen molar-refractivity contribution in [3.63, 3.8) is 0 Å². The van der Waals surface area contributed by atoms with E-state index in [1.54, 1.807) is 47.4 Å². The van der Waals surface area contributed by atoms with Gasteiger partial charge in [0.05, 0.1) is 20.3 Å². The van der Waals surface area contributed by atoms with E-state index in [-0.39, 0.29) is 18.9 Å². The molecular formula is C21H21ClN2O5. The zero-order valence-electron chi connectivity index (χ0n) is 16.0. The summed E-state index contributed by atoms with van der Waals surface area (Å²) in [7, 11) is 2.81. The molecule has 152 valence electrons. The third-order valence-corrected chi connectivity index (χ3v) is 5.86. The van der Waals surface area contributed by atoms with E-state index in [4.69, 9.17) is 21.1 Å². The Morgan fingerprint density at radius 1 is 1.24 bits per heavy atom. The number of aliphatic hydroxyl groups excluding tert-OH is 1. The van der Waals surface area contributed by atoms with E-state index in [0.29, 0.717) is 27.6 Å². The van der Waals surface area contributed by atoms with Crippen LogP contribution in [0.4, 0.5) is 5.69 Å². The molecule has 2 aromatic rings. The van der Waals surface area contributed by atoms with Crippen LogP contribution in [-0.2, 0) is 19.9 Å². The lowest BCUT2D eigenvalue weighted by Crippen LogP contribution is -2.56. The minimum absolute atomic E-state index is 0.108. The van der Waals surface area contributed by atoms with Gasteiger partial charge in [-0.2, -0.15) is 0 Å². The standard InChI is InChI=1S/C21H21ClN2O5/c1-28-18-6-4-3-5-14(18)21(24-11-13(25)10-17(24)19(26)29-2)15-9-12(22)7-8-16(15)23-20(21)27/h3-9,13,17,25H,10-11H2,1-2H3,(H,23,27)/t13-,17+,21?/m1/s1. The summed E-state index contributed by atoms with van der Waals surface area (Å²) in [5.41, 5.74) is 0.338. The molecule has 1 amide bonds. The fourth-order valence-corrected chi connectivity index (χ4v) is 4.63. The van der Waals surface area contributed by atoms with E-state index < -0.39 is 23.7 Å². The predicted molar refractivity (Wildman–Crippen MR) is 107 cm³/mol. The highest BCUT2D eigenvalue weighted by Gasteiger charge is 2.59. The van der Waals surface area contributed by atoms with Crippen LogP contribution in [0.15, 0.2) is 42.5 Å². The van der Waals surface area contributed by atoms with Crippen LogP contribution in [0.5, 0.6) is 5.75 Å². The van der Waals surface area contributed by atoms with Crippen molar-refractivity contribution < 1.29 is 24.2 Å². The lowest BCUT2D eigenvalue weighted by molar-refractivity contribution is -0.149. The van der Waals surface area contributed by atoms with Gasteiger partial charge >= 0.3 is 5.97 Å². The Morgan fingerprint density at radius 2 is 2.00 bits per heavy atom. The highest BCUT2D eigenvalue weighted by molar-refractivity contribution is 6.31. The number of benzene rings is 2. The van der Waals surface area contributed by atoms with Gasteiger partial charge in [0.1, 0.15) is 11.8 Å². The van der Waals surface area contributed by atoms with Gasteiger partial charge in [-0.1, -0.05) is 29.8 Å². The van der Waals surface area contributed by atoms with Crippen molar-refractivity contribution in [2.24, 2.45) is 0 Å². The van der Waals surface area contributed by atoms with E-state index in [9.17, 15) is 14.7 Å². The average molecular weight is 417 g/mol. The van der Waals surface area contributed by atoms with Gasteiger partial charge in [-0.25, -0.2) is 0 Å². The molecule has 1 fully saturated rings. The number of rotatable bonds is 4. The highest BCUT2D eigenvalue weighted by Crippen LogP contribution is 2.51. The van der Waals surface area contributed by atoms with Crippen molar-refractivity contribution in [3.05, 3.63) is 58.6 Å². The van der Waals surface area contributed by atoms with Crippen molar-refractivity contribution in [2.45, 2.75) is 24.1 Å². The molecule has 0 aliphatic carbocycles. The molecule has 0 saturated carbocycles. The van der Waals surface area contributed by atoms with Gasteiger partial charge in [0.15, 0.2) is 5.54 Å². The number of methoxy groups -OCH3 is 2. The van der Waals surface area contributed by atoms with Crippen LogP contribution < -0.4 is 10.1 Å². The maximum absolute atomic E-state index is 13.6. The Bertz CT molecular complexity index is 981.